The van der Waals surface area contributed by atoms with Crippen molar-refractivity contribution >= 4 is 15.9 Å². The first-order valence-corrected chi connectivity index (χ1v) is 7.20. The Balaban J connectivity index is 2.16. The highest BCUT2D eigenvalue weighted by Crippen LogP contribution is 2.34. The number of aliphatic hydroxyl groups is 1. The summed E-state index contributed by atoms with van der Waals surface area (Å²) in [5, 5.41) is 11.5. The molecule has 0 bridgehead atoms. The van der Waals surface area contributed by atoms with E-state index < -0.39 is 21.5 Å². The molecule has 1 aromatic heterocycles. The van der Waals surface area contributed by atoms with E-state index in [9.17, 15) is 13.2 Å². The summed E-state index contributed by atoms with van der Waals surface area (Å²) in [5.41, 5.74) is -0.565. The van der Waals surface area contributed by atoms with Crippen LogP contribution in [0, 0.1) is 0 Å². The number of hydrogen-bond acceptors (Lipinski definition) is 5. The maximum Gasteiger partial charge on any atom is 0.287 e. The van der Waals surface area contributed by atoms with Gasteiger partial charge in [-0.3, -0.25) is 4.79 Å². The van der Waals surface area contributed by atoms with Gasteiger partial charge in [0.05, 0.1) is 12.1 Å². The van der Waals surface area contributed by atoms with Crippen molar-refractivity contribution in [1.29, 1.82) is 0 Å². The summed E-state index contributed by atoms with van der Waals surface area (Å²) >= 11 is 0. The summed E-state index contributed by atoms with van der Waals surface area (Å²) in [5.74, 6) is -0.605. The van der Waals surface area contributed by atoms with Gasteiger partial charge in [0.25, 0.3) is 15.9 Å². The fourth-order valence-corrected chi connectivity index (χ4v) is 2.33. The predicted octanol–water partition coefficient (Wildman–Crippen LogP) is -0.215. The van der Waals surface area contributed by atoms with Crippen molar-refractivity contribution in [3.8, 4) is 0 Å². The molecule has 1 heterocycles. The van der Waals surface area contributed by atoms with Crippen LogP contribution < -0.4 is 5.32 Å². The van der Waals surface area contributed by atoms with E-state index in [2.05, 4.69) is 5.32 Å². The molecule has 1 fully saturated rings. The normalized spacial score (nSPS) is 17.5. The first-order valence-electron chi connectivity index (χ1n) is 5.76. The second kappa shape index (κ2) is 4.62. The summed E-state index contributed by atoms with van der Waals surface area (Å²) < 4.78 is 29.6. The molecule has 0 atom stereocenters. The Morgan fingerprint density at radius 1 is 1.47 bits per heavy atom. The molecule has 1 aliphatic rings. The van der Waals surface area contributed by atoms with Gasteiger partial charge in [0.2, 0.25) is 5.09 Å². The van der Waals surface area contributed by atoms with Crippen LogP contribution in [0.25, 0.3) is 0 Å². The topological polar surface area (TPSA) is 99.9 Å². The van der Waals surface area contributed by atoms with Crippen LogP contribution in [-0.2, 0) is 10.0 Å². The van der Waals surface area contributed by atoms with Crippen molar-refractivity contribution in [1.82, 2.24) is 9.62 Å². The highest BCUT2D eigenvalue weighted by atomic mass is 32.2. The van der Waals surface area contributed by atoms with Gasteiger partial charge >= 0.3 is 0 Å². The van der Waals surface area contributed by atoms with Crippen LogP contribution >= 0.6 is 0 Å². The molecule has 106 valence electrons. The lowest BCUT2D eigenvalue weighted by Gasteiger charge is -2.12. The molecule has 1 aromatic rings. The molecular formula is C11H16N2O5S. The number of nitrogens with one attached hydrogen (secondary N) is 1. The Bertz CT molecular complexity index is 586. The lowest BCUT2D eigenvalue weighted by molar-refractivity contribution is 0.0873. The number of aliphatic hydroxyl groups excluding tert-OH is 1. The average Bonchev–Trinajstić information content (AvgIpc) is 2.93. The highest BCUT2D eigenvalue weighted by Gasteiger charge is 2.44. The van der Waals surface area contributed by atoms with Crippen molar-refractivity contribution < 1.29 is 22.7 Å². The Labute approximate surface area is 111 Å². The second-order valence-electron chi connectivity index (χ2n) is 4.80. The average molecular weight is 288 g/mol. The molecule has 0 unspecified atom stereocenters. The molecule has 2 rings (SSSR count). The number of sulfonamides is 1. The fraction of sp³-hybridized carbons (Fsp3) is 0.545. The van der Waals surface area contributed by atoms with Crippen LogP contribution in [0.15, 0.2) is 21.6 Å². The lowest BCUT2D eigenvalue weighted by atomic mass is 10.3. The van der Waals surface area contributed by atoms with E-state index in [-0.39, 0.29) is 17.5 Å². The van der Waals surface area contributed by atoms with Crippen LogP contribution in [-0.4, -0.2) is 50.0 Å². The Morgan fingerprint density at radius 2 is 2.11 bits per heavy atom. The van der Waals surface area contributed by atoms with Gasteiger partial charge in [0, 0.05) is 14.1 Å². The maximum absolute atomic E-state index is 11.8. The minimum atomic E-state index is -3.69. The number of hydrogen-bond donors (Lipinski definition) is 2. The number of nitrogens with zero attached hydrogens (tertiary/aromatic N) is 1. The number of carbonyl (C=O) groups excluding carboxylic acids is 1. The third kappa shape index (κ3) is 2.65. The van der Waals surface area contributed by atoms with Gasteiger partial charge in [0.1, 0.15) is 0 Å². The van der Waals surface area contributed by atoms with E-state index in [0.717, 1.165) is 4.31 Å². The Morgan fingerprint density at radius 3 is 2.58 bits per heavy atom. The number of rotatable bonds is 5. The van der Waals surface area contributed by atoms with Crippen molar-refractivity contribution in [2.75, 3.05) is 20.7 Å². The molecule has 0 spiro atoms. The summed E-state index contributed by atoms with van der Waals surface area (Å²) in [6.45, 7) is -0.137. The van der Waals surface area contributed by atoms with Crippen molar-refractivity contribution in [2.45, 2.75) is 23.5 Å². The van der Waals surface area contributed by atoms with Gasteiger partial charge in [-0.2, -0.15) is 0 Å². The first-order chi connectivity index (χ1) is 8.81. The fourth-order valence-electron chi connectivity index (χ4n) is 1.54. The number of furan rings is 1. The molecule has 1 aliphatic carbocycles. The molecule has 0 aromatic carbocycles. The van der Waals surface area contributed by atoms with E-state index in [1.54, 1.807) is 0 Å². The Kier molecular flexibility index (Phi) is 3.41. The monoisotopic (exact) mass is 288 g/mol. The molecular weight excluding hydrogens is 272 g/mol. The molecule has 8 heteroatoms. The third-order valence-corrected chi connectivity index (χ3v) is 4.76. The van der Waals surface area contributed by atoms with Crippen LogP contribution in [0.5, 0.6) is 0 Å². The number of amides is 1. The van der Waals surface area contributed by atoms with Gasteiger partial charge < -0.3 is 14.8 Å². The van der Waals surface area contributed by atoms with Crippen LogP contribution in [0.4, 0.5) is 0 Å². The molecule has 2 N–H and O–H groups in total. The van der Waals surface area contributed by atoms with E-state index in [4.69, 9.17) is 9.52 Å². The van der Waals surface area contributed by atoms with E-state index >= 15 is 0 Å². The molecule has 0 saturated heterocycles. The second-order valence-corrected chi connectivity index (χ2v) is 6.88. The zero-order valence-electron chi connectivity index (χ0n) is 10.7. The molecule has 0 radical (unpaired) electrons. The molecule has 0 aliphatic heterocycles. The zero-order chi connectivity index (χ0) is 14.3. The van der Waals surface area contributed by atoms with Gasteiger partial charge in [-0.1, -0.05) is 0 Å². The van der Waals surface area contributed by atoms with Gasteiger partial charge in [-0.05, 0) is 25.0 Å². The molecule has 19 heavy (non-hydrogen) atoms. The van der Waals surface area contributed by atoms with Crippen molar-refractivity contribution in [3.05, 3.63) is 17.9 Å². The van der Waals surface area contributed by atoms with Crippen molar-refractivity contribution in [2.24, 2.45) is 0 Å². The predicted molar refractivity (Wildman–Crippen MR) is 66.1 cm³/mol. The van der Waals surface area contributed by atoms with Crippen LogP contribution in [0.3, 0.4) is 0 Å². The third-order valence-electron chi connectivity index (χ3n) is 3.08. The van der Waals surface area contributed by atoms with Gasteiger partial charge in [-0.15, -0.1) is 0 Å². The summed E-state index contributed by atoms with van der Waals surface area (Å²) in [4.78, 5) is 11.8. The van der Waals surface area contributed by atoms with E-state index in [1.807, 2.05) is 0 Å². The van der Waals surface area contributed by atoms with Crippen molar-refractivity contribution in [3.63, 3.8) is 0 Å². The standard InChI is InChI=1S/C11H16N2O5S/c1-13(2)19(16,17)9-4-3-8(18-9)10(15)12-11(7-14)5-6-11/h3-4,14H,5-7H2,1-2H3,(H,12,15). The quantitative estimate of drug-likeness (QED) is 0.780. The minimum Gasteiger partial charge on any atom is -0.438 e. The van der Waals surface area contributed by atoms with Crippen LogP contribution in [0.2, 0.25) is 0 Å². The van der Waals surface area contributed by atoms with E-state index in [0.29, 0.717) is 12.8 Å². The zero-order valence-corrected chi connectivity index (χ0v) is 11.5. The highest BCUT2D eigenvalue weighted by molar-refractivity contribution is 7.88. The summed E-state index contributed by atoms with van der Waals surface area (Å²) in [7, 11) is -0.931. The van der Waals surface area contributed by atoms with E-state index in [1.165, 1.54) is 26.2 Å². The van der Waals surface area contributed by atoms with Crippen LogP contribution in [0.1, 0.15) is 23.4 Å². The largest absolute Gasteiger partial charge is 0.438 e. The summed E-state index contributed by atoms with van der Waals surface area (Å²) in [6, 6.07) is 2.54. The summed E-state index contributed by atoms with van der Waals surface area (Å²) in [6.07, 6.45) is 1.41. The molecule has 7 nitrogen and oxygen atoms in total. The smallest absolute Gasteiger partial charge is 0.287 e. The van der Waals surface area contributed by atoms with Gasteiger partial charge in [-0.25, -0.2) is 12.7 Å². The maximum atomic E-state index is 11.8. The first kappa shape index (κ1) is 14.0. The SMILES string of the molecule is CN(C)S(=O)(=O)c1ccc(C(=O)NC2(CO)CC2)o1. The lowest BCUT2D eigenvalue weighted by Crippen LogP contribution is -2.39. The molecule has 1 saturated carbocycles. The minimum absolute atomic E-state index is 0.0832. The molecule has 1 amide bonds. The van der Waals surface area contributed by atoms with Gasteiger partial charge in [0.15, 0.2) is 5.76 Å². The number of carbonyl (C=O) groups is 1. The Hall–Kier alpha value is -1.38.